The highest BCUT2D eigenvalue weighted by molar-refractivity contribution is 14.0. The fourth-order valence-electron chi connectivity index (χ4n) is 3.44. The lowest BCUT2D eigenvalue weighted by Gasteiger charge is -2.29. The molecule has 1 atom stereocenters. The average Bonchev–Trinajstić information content (AvgIpc) is 2.69. The fraction of sp³-hybridized carbons (Fsp3) is 0.619. The standard InChI is InChI=1S/C21H32ClN3O3.HI/c1-4-23-21(24-14-19(27-3)16-7-6-8-17(22)13-16)25-18-11-9-15(10-12-18)20(26)28-5-2;/h6-8,13,15,18-19H,4-5,9-12,14H2,1-3H3,(H2,23,24,25);1H. The van der Waals surface area contributed by atoms with Gasteiger partial charge in [0, 0.05) is 24.7 Å². The van der Waals surface area contributed by atoms with E-state index in [0.29, 0.717) is 24.2 Å². The predicted octanol–water partition coefficient (Wildman–Crippen LogP) is 4.32. The zero-order valence-corrected chi connectivity index (χ0v) is 20.5. The van der Waals surface area contributed by atoms with Crippen LogP contribution in [0.25, 0.3) is 0 Å². The summed E-state index contributed by atoms with van der Waals surface area (Å²) in [6, 6.07) is 7.96. The summed E-state index contributed by atoms with van der Waals surface area (Å²) in [5.74, 6) is 0.732. The van der Waals surface area contributed by atoms with Gasteiger partial charge in [-0.3, -0.25) is 9.79 Å². The maximum absolute atomic E-state index is 11.9. The maximum atomic E-state index is 11.9. The van der Waals surface area contributed by atoms with E-state index in [4.69, 9.17) is 26.1 Å². The van der Waals surface area contributed by atoms with E-state index in [2.05, 4.69) is 10.6 Å². The van der Waals surface area contributed by atoms with E-state index >= 15 is 0 Å². The SMILES string of the molecule is CCNC(=NCC(OC)c1cccc(Cl)c1)NC1CCC(C(=O)OCC)CC1.I. The first-order chi connectivity index (χ1) is 13.6. The lowest BCUT2D eigenvalue weighted by molar-refractivity contribution is -0.149. The van der Waals surface area contributed by atoms with Crippen molar-refractivity contribution in [2.75, 3.05) is 26.8 Å². The third-order valence-corrected chi connectivity index (χ3v) is 5.19. The molecule has 0 aliphatic heterocycles. The minimum atomic E-state index is -0.159. The van der Waals surface area contributed by atoms with E-state index in [1.54, 1.807) is 7.11 Å². The Labute approximate surface area is 196 Å². The molecule has 1 aromatic carbocycles. The highest BCUT2D eigenvalue weighted by Gasteiger charge is 2.27. The number of methoxy groups -OCH3 is 1. The molecule has 6 nitrogen and oxygen atoms in total. The number of nitrogens with one attached hydrogen (secondary N) is 2. The summed E-state index contributed by atoms with van der Waals surface area (Å²) in [7, 11) is 1.68. The zero-order valence-electron chi connectivity index (χ0n) is 17.4. The molecule has 0 radical (unpaired) electrons. The van der Waals surface area contributed by atoms with Crippen LogP contribution in [0.3, 0.4) is 0 Å². The largest absolute Gasteiger partial charge is 0.466 e. The van der Waals surface area contributed by atoms with E-state index in [-0.39, 0.29) is 42.0 Å². The number of benzene rings is 1. The number of ether oxygens (including phenoxy) is 2. The van der Waals surface area contributed by atoms with Crippen LogP contribution in [-0.4, -0.2) is 44.8 Å². The quantitative estimate of drug-likeness (QED) is 0.224. The molecule has 0 spiro atoms. The molecule has 0 heterocycles. The van der Waals surface area contributed by atoms with E-state index in [1.165, 1.54) is 0 Å². The highest BCUT2D eigenvalue weighted by Crippen LogP contribution is 2.25. The van der Waals surface area contributed by atoms with Crippen LogP contribution in [0, 0.1) is 5.92 Å². The summed E-state index contributed by atoms with van der Waals surface area (Å²) in [6.45, 7) is 5.60. The Bertz CT molecular complexity index is 652. The van der Waals surface area contributed by atoms with Crippen molar-refractivity contribution in [3.63, 3.8) is 0 Å². The Balaban J connectivity index is 0.00000420. The Kier molecular flexibility index (Phi) is 12.6. The lowest BCUT2D eigenvalue weighted by Crippen LogP contribution is -2.45. The molecule has 2 N–H and O–H groups in total. The van der Waals surface area contributed by atoms with E-state index in [9.17, 15) is 4.79 Å². The number of esters is 1. The number of carbonyl (C=O) groups is 1. The van der Waals surface area contributed by atoms with Gasteiger partial charge >= 0.3 is 5.97 Å². The van der Waals surface area contributed by atoms with Crippen molar-refractivity contribution in [1.82, 2.24) is 10.6 Å². The van der Waals surface area contributed by atoms with Crippen LogP contribution in [0.4, 0.5) is 0 Å². The van der Waals surface area contributed by atoms with E-state index in [0.717, 1.165) is 43.8 Å². The van der Waals surface area contributed by atoms with Crippen LogP contribution in [0.15, 0.2) is 29.3 Å². The second-order valence-electron chi connectivity index (χ2n) is 6.94. The Morgan fingerprint density at radius 1 is 1.28 bits per heavy atom. The van der Waals surface area contributed by atoms with Crippen molar-refractivity contribution >= 4 is 47.5 Å². The van der Waals surface area contributed by atoms with Crippen LogP contribution in [0.1, 0.15) is 51.2 Å². The molecule has 29 heavy (non-hydrogen) atoms. The minimum Gasteiger partial charge on any atom is -0.466 e. The van der Waals surface area contributed by atoms with Crippen LogP contribution in [0.5, 0.6) is 0 Å². The number of aliphatic imine (C=N–C) groups is 1. The zero-order chi connectivity index (χ0) is 20.4. The van der Waals surface area contributed by atoms with E-state index in [1.807, 2.05) is 38.1 Å². The first-order valence-corrected chi connectivity index (χ1v) is 10.4. The third-order valence-electron chi connectivity index (χ3n) is 4.95. The van der Waals surface area contributed by atoms with Crippen LogP contribution < -0.4 is 10.6 Å². The number of hydrogen-bond donors (Lipinski definition) is 2. The molecular weight excluding hydrogens is 505 g/mol. The van der Waals surface area contributed by atoms with Gasteiger partial charge in [0.1, 0.15) is 6.10 Å². The van der Waals surface area contributed by atoms with Gasteiger partial charge in [0.25, 0.3) is 0 Å². The van der Waals surface area contributed by atoms with Crippen molar-refractivity contribution < 1.29 is 14.3 Å². The summed E-state index contributed by atoms with van der Waals surface area (Å²) in [4.78, 5) is 16.6. The van der Waals surface area contributed by atoms with Crippen molar-refractivity contribution in [1.29, 1.82) is 0 Å². The van der Waals surface area contributed by atoms with Gasteiger partial charge in [0.05, 0.1) is 19.1 Å². The van der Waals surface area contributed by atoms with Gasteiger partial charge in [0.15, 0.2) is 5.96 Å². The van der Waals surface area contributed by atoms with Crippen LogP contribution in [-0.2, 0) is 14.3 Å². The monoisotopic (exact) mass is 537 g/mol. The Morgan fingerprint density at radius 2 is 2.00 bits per heavy atom. The first kappa shape index (κ1) is 26.0. The number of carbonyl (C=O) groups excluding carboxylic acids is 1. The molecule has 164 valence electrons. The van der Waals surface area contributed by atoms with Gasteiger partial charge in [0.2, 0.25) is 0 Å². The third kappa shape index (κ3) is 8.68. The molecular formula is C21H33ClIN3O3. The molecule has 2 rings (SSSR count). The van der Waals surface area contributed by atoms with Crippen LogP contribution >= 0.6 is 35.6 Å². The molecule has 1 saturated carbocycles. The topological polar surface area (TPSA) is 72.0 Å². The fourth-order valence-corrected chi connectivity index (χ4v) is 3.64. The van der Waals surface area contributed by atoms with E-state index < -0.39 is 0 Å². The number of rotatable bonds is 8. The van der Waals surface area contributed by atoms with Gasteiger partial charge < -0.3 is 20.1 Å². The Hall–Kier alpha value is -1.06. The summed E-state index contributed by atoms with van der Waals surface area (Å²) in [5, 5.41) is 7.47. The smallest absolute Gasteiger partial charge is 0.308 e. The number of guanidine groups is 1. The molecule has 1 aliphatic rings. The van der Waals surface area contributed by atoms with Crippen molar-refractivity contribution in [3.8, 4) is 0 Å². The van der Waals surface area contributed by atoms with Gasteiger partial charge in [-0.25, -0.2) is 0 Å². The highest BCUT2D eigenvalue weighted by atomic mass is 127. The van der Waals surface area contributed by atoms with Crippen molar-refractivity contribution in [3.05, 3.63) is 34.9 Å². The molecule has 1 fully saturated rings. The van der Waals surface area contributed by atoms with Gasteiger partial charge in [-0.15, -0.1) is 24.0 Å². The van der Waals surface area contributed by atoms with Gasteiger partial charge in [-0.1, -0.05) is 23.7 Å². The molecule has 1 aliphatic carbocycles. The normalized spacial score (nSPS) is 20.3. The van der Waals surface area contributed by atoms with Crippen molar-refractivity contribution in [2.24, 2.45) is 10.9 Å². The van der Waals surface area contributed by atoms with Gasteiger partial charge in [-0.05, 0) is 57.2 Å². The second kappa shape index (κ2) is 14.0. The molecule has 0 aromatic heterocycles. The number of nitrogens with zero attached hydrogens (tertiary/aromatic N) is 1. The summed E-state index contributed by atoms with van der Waals surface area (Å²) in [5.41, 5.74) is 1.00. The molecule has 1 aromatic rings. The summed E-state index contributed by atoms with van der Waals surface area (Å²) >= 11 is 6.09. The first-order valence-electron chi connectivity index (χ1n) is 10.1. The van der Waals surface area contributed by atoms with Gasteiger partial charge in [-0.2, -0.15) is 0 Å². The average molecular weight is 538 g/mol. The molecule has 1 unspecified atom stereocenters. The maximum Gasteiger partial charge on any atom is 0.308 e. The molecule has 0 bridgehead atoms. The van der Waals surface area contributed by atoms with Crippen LogP contribution in [0.2, 0.25) is 5.02 Å². The minimum absolute atomic E-state index is 0. The molecule has 8 heteroatoms. The summed E-state index contributed by atoms with van der Waals surface area (Å²) in [6.07, 6.45) is 3.39. The molecule has 0 amide bonds. The lowest BCUT2D eigenvalue weighted by atomic mass is 9.86. The van der Waals surface area contributed by atoms with Crippen molar-refractivity contribution in [2.45, 2.75) is 51.7 Å². The molecule has 0 saturated heterocycles. The number of halogens is 2. The summed E-state index contributed by atoms with van der Waals surface area (Å²) < 4.78 is 10.7. The predicted molar refractivity (Wildman–Crippen MR) is 128 cm³/mol. The second-order valence-corrected chi connectivity index (χ2v) is 7.38. The Morgan fingerprint density at radius 3 is 2.59 bits per heavy atom. The number of hydrogen-bond acceptors (Lipinski definition) is 4.